The molecule has 1 amide bonds. The van der Waals surface area contributed by atoms with Gasteiger partial charge in [-0.25, -0.2) is 0 Å². The first kappa shape index (κ1) is 14.5. The molecule has 118 valence electrons. The van der Waals surface area contributed by atoms with Crippen LogP contribution in [0.3, 0.4) is 0 Å². The van der Waals surface area contributed by atoms with Crippen molar-refractivity contribution in [2.75, 3.05) is 6.61 Å². The molecule has 3 atom stereocenters. The SMILES string of the molecule is O=C1C[C@H](Cc2ccccc2)C[C@H]2OC[C@@H](c3ccccc3)N12. The van der Waals surface area contributed by atoms with Gasteiger partial charge in [-0.1, -0.05) is 60.7 Å². The molecule has 2 aliphatic heterocycles. The van der Waals surface area contributed by atoms with Crippen molar-refractivity contribution < 1.29 is 9.53 Å². The van der Waals surface area contributed by atoms with E-state index in [0.29, 0.717) is 18.9 Å². The van der Waals surface area contributed by atoms with E-state index < -0.39 is 0 Å². The van der Waals surface area contributed by atoms with Gasteiger partial charge in [0.1, 0.15) is 6.23 Å². The van der Waals surface area contributed by atoms with Crippen molar-refractivity contribution in [3.63, 3.8) is 0 Å². The Morgan fingerprint density at radius 3 is 2.43 bits per heavy atom. The molecule has 0 unspecified atom stereocenters. The molecule has 0 aromatic heterocycles. The monoisotopic (exact) mass is 307 g/mol. The number of nitrogens with zero attached hydrogens (tertiary/aromatic N) is 1. The van der Waals surface area contributed by atoms with Gasteiger partial charge < -0.3 is 9.64 Å². The largest absolute Gasteiger partial charge is 0.356 e. The maximum atomic E-state index is 12.7. The Morgan fingerprint density at radius 2 is 1.70 bits per heavy atom. The molecule has 0 radical (unpaired) electrons. The van der Waals surface area contributed by atoms with Gasteiger partial charge in [-0.3, -0.25) is 4.79 Å². The topological polar surface area (TPSA) is 29.5 Å². The first-order valence-electron chi connectivity index (χ1n) is 8.33. The Kier molecular flexibility index (Phi) is 3.88. The standard InChI is InChI=1S/C20H21NO2/c22-19-12-16(11-15-7-3-1-4-8-15)13-20-21(19)18(14-23-20)17-9-5-2-6-10-17/h1-10,16,18,20H,11-14H2/t16-,18-,20+/m0/s1. The van der Waals surface area contributed by atoms with E-state index in [9.17, 15) is 4.79 Å². The average Bonchev–Trinajstić information content (AvgIpc) is 3.01. The molecule has 4 rings (SSSR count). The van der Waals surface area contributed by atoms with Crippen molar-refractivity contribution >= 4 is 5.91 Å². The highest BCUT2D eigenvalue weighted by atomic mass is 16.5. The maximum Gasteiger partial charge on any atom is 0.225 e. The normalized spacial score (nSPS) is 27.0. The third-order valence-electron chi connectivity index (χ3n) is 4.93. The van der Waals surface area contributed by atoms with Crippen molar-refractivity contribution in [1.82, 2.24) is 4.90 Å². The van der Waals surface area contributed by atoms with E-state index in [1.165, 1.54) is 11.1 Å². The van der Waals surface area contributed by atoms with Crippen LogP contribution in [0.1, 0.15) is 30.0 Å². The molecule has 23 heavy (non-hydrogen) atoms. The number of hydrogen-bond acceptors (Lipinski definition) is 2. The number of amides is 1. The summed E-state index contributed by atoms with van der Waals surface area (Å²) < 4.78 is 5.97. The van der Waals surface area contributed by atoms with Crippen LogP contribution in [0.5, 0.6) is 0 Å². The van der Waals surface area contributed by atoms with Gasteiger partial charge in [-0.05, 0) is 29.9 Å². The Balaban J connectivity index is 1.48. The van der Waals surface area contributed by atoms with Crippen molar-refractivity contribution in [2.45, 2.75) is 31.5 Å². The second kappa shape index (κ2) is 6.17. The van der Waals surface area contributed by atoms with Crippen LogP contribution in [0.15, 0.2) is 60.7 Å². The number of hydrogen-bond donors (Lipinski definition) is 0. The zero-order valence-electron chi connectivity index (χ0n) is 13.1. The fourth-order valence-electron chi connectivity index (χ4n) is 3.84. The van der Waals surface area contributed by atoms with Crippen LogP contribution in [0.25, 0.3) is 0 Å². The van der Waals surface area contributed by atoms with Gasteiger partial charge >= 0.3 is 0 Å². The average molecular weight is 307 g/mol. The molecule has 0 N–H and O–H groups in total. The Hall–Kier alpha value is -2.13. The molecule has 0 saturated carbocycles. The molecule has 3 nitrogen and oxygen atoms in total. The lowest BCUT2D eigenvalue weighted by molar-refractivity contribution is -0.145. The summed E-state index contributed by atoms with van der Waals surface area (Å²) in [5, 5.41) is 0. The molecule has 2 aromatic carbocycles. The van der Waals surface area contributed by atoms with Gasteiger partial charge in [0, 0.05) is 6.42 Å². The van der Waals surface area contributed by atoms with Crippen molar-refractivity contribution in [2.24, 2.45) is 5.92 Å². The zero-order chi connectivity index (χ0) is 15.6. The molecule has 2 fully saturated rings. The van der Waals surface area contributed by atoms with E-state index in [1.807, 2.05) is 29.2 Å². The van der Waals surface area contributed by atoms with Gasteiger partial charge in [0.15, 0.2) is 0 Å². The molecule has 3 heteroatoms. The highest BCUT2D eigenvalue weighted by molar-refractivity contribution is 5.78. The summed E-state index contributed by atoms with van der Waals surface area (Å²) in [5.41, 5.74) is 2.47. The number of rotatable bonds is 3. The zero-order valence-corrected chi connectivity index (χ0v) is 13.1. The molecule has 2 aromatic rings. The molecular weight excluding hydrogens is 286 g/mol. The second-order valence-corrected chi connectivity index (χ2v) is 6.51. The van der Waals surface area contributed by atoms with E-state index >= 15 is 0 Å². The Labute approximate surface area is 136 Å². The Bertz CT molecular complexity index is 671. The van der Waals surface area contributed by atoms with Gasteiger partial charge in [-0.15, -0.1) is 0 Å². The van der Waals surface area contributed by atoms with Crippen LogP contribution >= 0.6 is 0 Å². The summed E-state index contributed by atoms with van der Waals surface area (Å²) in [5.74, 6) is 0.606. The number of ether oxygens (including phenoxy) is 1. The number of fused-ring (bicyclic) bond motifs is 1. The summed E-state index contributed by atoms with van der Waals surface area (Å²) >= 11 is 0. The third kappa shape index (κ3) is 2.89. The molecule has 2 heterocycles. The quantitative estimate of drug-likeness (QED) is 0.867. The fraction of sp³-hybridized carbons (Fsp3) is 0.350. The summed E-state index contributed by atoms with van der Waals surface area (Å²) in [6, 6.07) is 20.7. The van der Waals surface area contributed by atoms with Crippen LogP contribution in [0.4, 0.5) is 0 Å². The predicted octanol–water partition coefficient (Wildman–Crippen LogP) is 3.57. The molecule has 0 bridgehead atoms. The Morgan fingerprint density at radius 1 is 1.00 bits per heavy atom. The van der Waals surface area contributed by atoms with Crippen LogP contribution in [-0.4, -0.2) is 23.6 Å². The van der Waals surface area contributed by atoms with Crippen molar-refractivity contribution in [3.8, 4) is 0 Å². The predicted molar refractivity (Wildman–Crippen MR) is 88.6 cm³/mol. The maximum absolute atomic E-state index is 12.7. The minimum Gasteiger partial charge on any atom is -0.356 e. The number of carbonyl (C=O) groups excluding carboxylic acids is 1. The van der Waals surface area contributed by atoms with Crippen LogP contribution in [-0.2, 0) is 16.0 Å². The van der Waals surface area contributed by atoms with Crippen LogP contribution < -0.4 is 0 Å². The minimum absolute atomic E-state index is 0.0600. The van der Waals surface area contributed by atoms with Gasteiger partial charge in [0.2, 0.25) is 5.91 Å². The number of benzene rings is 2. The number of piperidine rings is 1. The van der Waals surface area contributed by atoms with Crippen molar-refractivity contribution in [3.05, 3.63) is 71.8 Å². The fourth-order valence-corrected chi connectivity index (χ4v) is 3.84. The summed E-state index contributed by atoms with van der Waals surface area (Å²) in [4.78, 5) is 14.7. The van der Waals surface area contributed by atoms with Crippen LogP contribution in [0.2, 0.25) is 0 Å². The summed E-state index contributed by atoms with van der Waals surface area (Å²) in [6.07, 6.45) is 2.45. The van der Waals surface area contributed by atoms with Gasteiger partial charge in [-0.2, -0.15) is 0 Å². The van der Waals surface area contributed by atoms with E-state index in [2.05, 4.69) is 36.4 Å². The van der Waals surface area contributed by atoms with Crippen LogP contribution in [0, 0.1) is 5.92 Å². The van der Waals surface area contributed by atoms with E-state index in [4.69, 9.17) is 4.74 Å². The van der Waals surface area contributed by atoms with Gasteiger partial charge in [0.05, 0.1) is 12.6 Å². The van der Waals surface area contributed by atoms with E-state index in [0.717, 1.165) is 12.8 Å². The van der Waals surface area contributed by atoms with Crippen molar-refractivity contribution in [1.29, 1.82) is 0 Å². The minimum atomic E-state index is -0.0600. The summed E-state index contributed by atoms with van der Waals surface area (Å²) in [7, 11) is 0. The lowest BCUT2D eigenvalue weighted by Gasteiger charge is -2.36. The second-order valence-electron chi connectivity index (χ2n) is 6.51. The van der Waals surface area contributed by atoms with E-state index in [-0.39, 0.29) is 18.2 Å². The molecule has 2 aliphatic rings. The van der Waals surface area contributed by atoms with Gasteiger partial charge in [0.25, 0.3) is 0 Å². The smallest absolute Gasteiger partial charge is 0.225 e. The molecular formula is C20H21NO2. The first-order chi connectivity index (χ1) is 11.3. The highest BCUT2D eigenvalue weighted by Gasteiger charge is 2.43. The molecule has 0 aliphatic carbocycles. The number of carbonyl (C=O) groups is 1. The van der Waals surface area contributed by atoms with E-state index in [1.54, 1.807) is 0 Å². The highest BCUT2D eigenvalue weighted by Crippen LogP contribution is 2.38. The molecule has 2 saturated heterocycles. The third-order valence-corrected chi connectivity index (χ3v) is 4.93. The summed E-state index contributed by atoms with van der Waals surface area (Å²) in [6.45, 7) is 0.610. The first-order valence-corrected chi connectivity index (χ1v) is 8.33. The lowest BCUT2D eigenvalue weighted by atomic mass is 9.88. The lowest BCUT2D eigenvalue weighted by Crippen LogP contribution is -2.44. The molecule has 0 spiro atoms.